The van der Waals surface area contributed by atoms with Crippen LogP contribution in [0.5, 0.6) is 0 Å². The molecule has 8 nitrogen and oxygen atoms in total. The molecule has 0 fully saturated rings. The van der Waals surface area contributed by atoms with Crippen molar-refractivity contribution in [1.82, 2.24) is 30.2 Å². The van der Waals surface area contributed by atoms with Crippen molar-refractivity contribution in [2.24, 2.45) is 0 Å². The van der Waals surface area contributed by atoms with Crippen LogP contribution in [0, 0.1) is 13.8 Å². The second-order valence-electron chi connectivity index (χ2n) is 6.34. The minimum Gasteiger partial charge on any atom is -0.321 e. The summed E-state index contributed by atoms with van der Waals surface area (Å²) in [6, 6.07) is 3.99. The first kappa shape index (κ1) is 18.2. The highest BCUT2D eigenvalue weighted by Gasteiger charge is 2.18. The second-order valence-corrected chi connectivity index (χ2v) is 6.34. The fourth-order valence-corrected chi connectivity index (χ4v) is 2.95. The molecule has 0 bridgehead atoms. The van der Waals surface area contributed by atoms with Gasteiger partial charge in [0, 0.05) is 26.2 Å². The summed E-state index contributed by atoms with van der Waals surface area (Å²) in [7, 11) is 0. The molecule has 138 valence electrons. The Morgan fingerprint density at radius 2 is 1.77 bits per heavy atom. The summed E-state index contributed by atoms with van der Waals surface area (Å²) in [6.07, 6.45) is 0. The summed E-state index contributed by atoms with van der Waals surface area (Å²) < 4.78 is 1.90. The number of hydrogen-bond acceptors (Lipinski definition) is 6. The van der Waals surface area contributed by atoms with Crippen molar-refractivity contribution in [1.29, 1.82) is 0 Å². The molecule has 0 radical (unpaired) electrons. The third-order valence-corrected chi connectivity index (χ3v) is 4.47. The van der Waals surface area contributed by atoms with Gasteiger partial charge in [0.15, 0.2) is 11.5 Å². The van der Waals surface area contributed by atoms with E-state index in [0.29, 0.717) is 18.9 Å². The summed E-state index contributed by atoms with van der Waals surface area (Å²) >= 11 is 0. The van der Waals surface area contributed by atoms with Crippen LogP contribution in [-0.4, -0.2) is 45.7 Å². The lowest BCUT2D eigenvalue weighted by Gasteiger charge is -2.18. The average molecular weight is 356 g/mol. The third-order valence-electron chi connectivity index (χ3n) is 4.47. The molecule has 0 atom stereocenters. The molecule has 2 aliphatic heterocycles. The van der Waals surface area contributed by atoms with E-state index >= 15 is 0 Å². The maximum atomic E-state index is 12.2. The molecule has 0 unspecified atom stereocenters. The van der Waals surface area contributed by atoms with Gasteiger partial charge in [0.1, 0.15) is 0 Å². The Kier molecular flexibility index (Phi) is 5.43. The Morgan fingerprint density at radius 3 is 2.54 bits per heavy atom. The highest BCUT2D eigenvalue weighted by atomic mass is 16.2. The Bertz CT molecular complexity index is 1010. The molecule has 0 saturated heterocycles. The van der Waals surface area contributed by atoms with Crippen molar-refractivity contribution < 1.29 is 0 Å². The van der Waals surface area contributed by atoms with Crippen molar-refractivity contribution in [3.8, 4) is 11.5 Å². The molecule has 0 spiro atoms. The summed E-state index contributed by atoms with van der Waals surface area (Å²) in [5, 5.41) is 6.61. The Balaban J connectivity index is 2.05. The van der Waals surface area contributed by atoms with Gasteiger partial charge in [-0.2, -0.15) is 4.98 Å². The van der Waals surface area contributed by atoms with E-state index in [1.807, 2.05) is 30.5 Å². The average Bonchev–Trinajstić information content (AvgIpc) is 2.59. The van der Waals surface area contributed by atoms with Crippen LogP contribution >= 0.6 is 0 Å². The fourth-order valence-electron chi connectivity index (χ4n) is 2.95. The molecule has 2 heterocycles. The van der Waals surface area contributed by atoms with Crippen molar-refractivity contribution in [2.75, 3.05) is 26.2 Å². The maximum absolute atomic E-state index is 12.2. The van der Waals surface area contributed by atoms with Gasteiger partial charge in [-0.05, 0) is 43.7 Å². The Labute approximate surface area is 151 Å². The first-order valence-corrected chi connectivity index (χ1v) is 8.84. The lowest BCUT2D eigenvalue weighted by atomic mass is 10.1. The van der Waals surface area contributed by atoms with Gasteiger partial charge in [-0.15, -0.1) is 0 Å². The smallest absolute Gasteiger partial charge is 0.321 e. The van der Waals surface area contributed by atoms with E-state index in [9.17, 15) is 9.59 Å². The first-order valence-electron chi connectivity index (χ1n) is 8.84. The molecule has 26 heavy (non-hydrogen) atoms. The van der Waals surface area contributed by atoms with Gasteiger partial charge in [-0.3, -0.25) is 9.78 Å². The number of benzene rings is 1. The Morgan fingerprint density at radius 1 is 1.04 bits per heavy atom. The van der Waals surface area contributed by atoms with Crippen LogP contribution in [0.25, 0.3) is 22.6 Å². The lowest BCUT2D eigenvalue weighted by Crippen LogP contribution is -2.32. The highest BCUT2D eigenvalue weighted by molar-refractivity contribution is 5.81. The third kappa shape index (κ3) is 3.66. The van der Waals surface area contributed by atoms with E-state index < -0.39 is 11.2 Å². The topological polar surface area (TPSA) is 105 Å². The number of nitrogens with one attached hydrogen (secondary N) is 3. The van der Waals surface area contributed by atoms with Gasteiger partial charge in [0.25, 0.3) is 5.56 Å². The molecule has 0 amide bonds. The van der Waals surface area contributed by atoms with E-state index in [1.54, 1.807) is 0 Å². The van der Waals surface area contributed by atoms with Crippen molar-refractivity contribution >= 4 is 11.0 Å². The van der Waals surface area contributed by atoms with Crippen LogP contribution in [-0.2, 0) is 6.54 Å². The second kappa shape index (κ2) is 7.76. The van der Waals surface area contributed by atoms with Crippen LogP contribution < -0.4 is 21.9 Å². The molecule has 0 aliphatic carbocycles. The van der Waals surface area contributed by atoms with Crippen molar-refractivity contribution in [2.45, 2.75) is 27.3 Å². The lowest BCUT2D eigenvalue weighted by molar-refractivity contribution is 0.579. The standard InChI is InChI=1S/C18H24N6O2/c1-4-19-5-6-20-7-8-24-14-10-12(3)11(2)9-13(14)21-15-16(24)22-18(26)23-17(15)25/h9-10,19-20H,4-8H2,1-3H3,(H,23,25,26). The zero-order chi connectivity index (χ0) is 18.7. The van der Waals surface area contributed by atoms with Crippen LogP contribution in [0.15, 0.2) is 21.7 Å². The van der Waals surface area contributed by atoms with Crippen LogP contribution in [0.2, 0.25) is 0 Å². The van der Waals surface area contributed by atoms with Crippen LogP contribution in [0.3, 0.4) is 0 Å². The monoisotopic (exact) mass is 356 g/mol. The molecule has 3 rings (SSSR count). The number of nitrogens with zero attached hydrogens (tertiary/aromatic N) is 3. The largest absolute Gasteiger partial charge is 0.349 e. The van der Waals surface area contributed by atoms with Gasteiger partial charge in [0.2, 0.25) is 0 Å². The molecular weight excluding hydrogens is 332 g/mol. The number of aryl methyl sites for hydroxylation is 2. The van der Waals surface area contributed by atoms with E-state index in [0.717, 1.165) is 41.8 Å². The van der Waals surface area contributed by atoms with Gasteiger partial charge in [-0.25, -0.2) is 9.78 Å². The zero-order valence-electron chi connectivity index (χ0n) is 15.3. The zero-order valence-corrected chi connectivity index (χ0v) is 15.3. The molecule has 0 saturated carbocycles. The molecule has 8 heteroatoms. The quantitative estimate of drug-likeness (QED) is 0.418. The molecule has 0 aromatic heterocycles. The number of H-pyrrole nitrogens is 1. The van der Waals surface area contributed by atoms with Gasteiger partial charge < -0.3 is 15.2 Å². The summed E-state index contributed by atoms with van der Waals surface area (Å²) in [4.78, 5) is 34.6. The number of aromatic amines is 1. The van der Waals surface area contributed by atoms with Crippen LogP contribution in [0.4, 0.5) is 0 Å². The van der Waals surface area contributed by atoms with E-state index in [4.69, 9.17) is 0 Å². The van der Waals surface area contributed by atoms with Gasteiger partial charge >= 0.3 is 5.69 Å². The highest BCUT2D eigenvalue weighted by Crippen LogP contribution is 2.23. The summed E-state index contributed by atoms with van der Waals surface area (Å²) in [5.74, 6) is 0.322. The molecule has 1 aromatic rings. The number of rotatable bonds is 7. The van der Waals surface area contributed by atoms with E-state index in [-0.39, 0.29) is 5.69 Å². The number of likely N-dealkylation sites (N-methyl/N-ethyl adjacent to an activating group) is 1. The molecule has 1 aromatic carbocycles. The predicted octanol–water partition coefficient (Wildman–Crippen LogP) is 0.401. The molecule has 3 N–H and O–H groups in total. The fraction of sp³-hybridized carbons (Fsp3) is 0.444. The van der Waals surface area contributed by atoms with E-state index in [1.165, 1.54) is 0 Å². The molecule has 2 aliphatic rings. The predicted molar refractivity (Wildman–Crippen MR) is 102 cm³/mol. The van der Waals surface area contributed by atoms with Gasteiger partial charge in [-0.1, -0.05) is 6.92 Å². The summed E-state index contributed by atoms with van der Waals surface area (Å²) in [5.41, 5.74) is 2.85. The minimum atomic E-state index is -0.652. The van der Waals surface area contributed by atoms with E-state index in [2.05, 4.69) is 32.5 Å². The molecular formula is C18H24N6O2. The number of hydrogen-bond donors (Lipinski definition) is 3. The SMILES string of the molecule is CCNCCNCCn1c2nc(=O)[nH]c(=O)c-2nc2cc(C)c(C)cc21. The van der Waals surface area contributed by atoms with Crippen LogP contribution in [0.1, 0.15) is 18.1 Å². The number of fused-ring (bicyclic) bond motifs is 2. The maximum Gasteiger partial charge on any atom is 0.349 e. The summed E-state index contributed by atoms with van der Waals surface area (Å²) in [6.45, 7) is 10.1. The van der Waals surface area contributed by atoms with Gasteiger partial charge in [0.05, 0.1) is 11.0 Å². The van der Waals surface area contributed by atoms with Crippen molar-refractivity contribution in [3.05, 3.63) is 44.1 Å². The number of aromatic nitrogens is 4. The van der Waals surface area contributed by atoms with Crippen molar-refractivity contribution in [3.63, 3.8) is 0 Å². The Hall–Kier alpha value is -2.58. The normalized spacial score (nSPS) is 11.5. The first-order chi connectivity index (χ1) is 12.5. The minimum absolute atomic E-state index is 0.188.